The number of hydrogen-bond donors (Lipinski definition) is 3. The minimum absolute atomic E-state index is 0.205. The van der Waals surface area contributed by atoms with Crippen LogP contribution in [-0.4, -0.2) is 46.8 Å². The minimum Gasteiger partial charge on any atom is -0.382 e. The summed E-state index contributed by atoms with van der Waals surface area (Å²) in [6.45, 7) is -0.656. The fourth-order valence-electron chi connectivity index (χ4n) is 1.29. The lowest BCUT2D eigenvalue weighted by atomic mass is 10.3. The van der Waals surface area contributed by atoms with Gasteiger partial charge in [0.25, 0.3) is 0 Å². The van der Waals surface area contributed by atoms with E-state index in [4.69, 9.17) is 22.4 Å². The Morgan fingerprint density at radius 2 is 1.95 bits per heavy atom. The molecule has 21 heavy (non-hydrogen) atoms. The molecule has 1 rings (SSSR count). The van der Waals surface area contributed by atoms with Crippen LogP contribution in [0.15, 0.2) is 28.0 Å². The molecule has 0 aliphatic rings. The zero-order valence-corrected chi connectivity index (χ0v) is 13.2. The second-order valence-corrected chi connectivity index (χ2v) is 8.29. The van der Waals surface area contributed by atoms with E-state index in [1.165, 1.54) is 0 Å². The number of halogens is 1. The number of aliphatic hydroxyl groups excluding tert-OH is 1. The molecule has 118 valence electrons. The summed E-state index contributed by atoms with van der Waals surface area (Å²) < 4.78 is 48.8. The van der Waals surface area contributed by atoms with E-state index >= 15 is 0 Å². The van der Waals surface area contributed by atoms with Gasteiger partial charge in [0, 0.05) is 12.8 Å². The summed E-state index contributed by atoms with van der Waals surface area (Å²) in [5, 5.41) is 8.95. The van der Waals surface area contributed by atoms with Gasteiger partial charge in [0.1, 0.15) is 11.0 Å². The maximum atomic E-state index is 12.0. The number of carbonyl (C=O) groups excluding carboxylic acids is 1. The monoisotopic (exact) mass is 356 g/mol. The molecule has 11 heteroatoms. The average Bonchev–Trinajstić information content (AvgIpc) is 2.34. The predicted molar refractivity (Wildman–Crippen MR) is 75.0 cm³/mol. The van der Waals surface area contributed by atoms with E-state index in [9.17, 15) is 21.6 Å². The number of benzene rings is 1. The number of carbonyl (C=O) groups is 1. The van der Waals surface area contributed by atoms with Crippen molar-refractivity contribution in [3.05, 3.63) is 23.2 Å². The highest BCUT2D eigenvalue weighted by molar-refractivity contribution is 7.91. The van der Waals surface area contributed by atoms with Crippen molar-refractivity contribution >= 4 is 37.4 Å². The Balaban J connectivity index is 3.17. The van der Waals surface area contributed by atoms with Gasteiger partial charge in [-0.25, -0.2) is 21.6 Å². The largest absolute Gasteiger partial charge is 0.382 e. The average molecular weight is 357 g/mol. The molecular weight excluding hydrogens is 344 g/mol. The maximum Gasteiger partial charge on any atom is 0.247 e. The van der Waals surface area contributed by atoms with Gasteiger partial charge in [-0.15, -0.1) is 0 Å². The van der Waals surface area contributed by atoms with E-state index in [0.29, 0.717) is 0 Å². The summed E-state index contributed by atoms with van der Waals surface area (Å²) >= 11 is 5.74. The van der Waals surface area contributed by atoms with E-state index in [1.54, 1.807) is 0 Å². The first-order valence-corrected chi connectivity index (χ1v) is 9.17. The van der Waals surface area contributed by atoms with E-state index < -0.39 is 43.3 Å². The molecule has 1 aromatic carbocycles. The Labute approximate surface area is 126 Å². The highest BCUT2D eigenvalue weighted by Crippen LogP contribution is 2.24. The molecule has 0 radical (unpaired) electrons. The Kier molecular flexibility index (Phi) is 5.34. The van der Waals surface area contributed by atoms with Crippen LogP contribution in [0.1, 0.15) is 0 Å². The van der Waals surface area contributed by atoms with Gasteiger partial charge in [-0.05, 0) is 18.2 Å². The molecule has 0 saturated heterocycles. The predicted octanol–water partition coefficient (Wildman–Crippen LogP) is -1.13. The molecule has 0 spiro atoms. The van der Waals surface area contributed by atoms with Crippen molar-refractivity contribution in [2.75, 3.05) is 12.8 Å². The summed E-state index contributed by atoms with van der Waals surface area (Å²) in [5.74, 6) is -1.10. The van der Waals surface area contributed by atoms with Gasteiger partial charge < -0.3 is 10.8 Å². The molecule has 0 bridgehead atoms. The number of nitrogens with one attached hydrogen (secondary N) is 1. The number of primary amides is 1. The normalized spacial score (nSPS) is 13.9. The van der Waals surface area contributed by atoms with Crippen molar-refractivity contribution in [3.63, 3.8) is 0 Å². The van der Waals surface area contributed by atoms with E-state index in [1.807, 2.05) is 4.72 Å². The topological polar surface area (TPSA) is 144 Å². The number of hydrogen-bond acceptors (Lipinski definition) is 6. The van der Waals surface area contributed by atoms with Crippen LogP contribution in [0.3, 0.4) is 0 Å². The lowest BCUT2D eigenvalue weighted by Crippen LogP contribution is -2.40. The van der Waals surface area contributed by atoms with Gasteiger partial charge in [-0.1, -0.05) is 11.6 Å². The summed E-state index contributed by atoms with van der Waals surface area (Å²) in [7, 11) is -7.84. The zero-order chi connectivity index (χ0) is 16.4. The van der Waals surface area contributed by atoms with Crippen LogP contribution >= 0.6 is 11.6 Å². The Hall–Kier alpha value is -1.20. The fraction of sp³-hybridized carbons (Fsp3) is 0.300. The molecule has 0 aliphatic carbocycles. The number of aliphatic hydroxyl groups is 1. The molecule has 1 unspecified atom stereocenters. The van der Waals surface area contributed by atoms with Gasteiger partial charge in [-0.3, -0.25) is 4.79 Å². The highest BCUT2D eigenvalue weighted by Gasteiger charge is 2.22. The number of nitrogens with two attached hydrogens (primary N) is 1. The van der Waals surface area contributed by atoms with Gasteiger partial charge in [0.05, 0.1) is 9.92 Å². The van der Waals surface area contributed by atoms with Crippen LogP contribution in [0.25, 0.3) is 0 Å². The summed E-state index contributed by atoms with van der Waals surface area (Å²) in [4.78, 5) is 9.92. The Morgan fingerprint density at radius 3 is 2.43 bits per heavy atom. The third-order valence-electron chi connectivity index (χ3n) is 2.42. The SMILES string of the molecule is CS(=O)(=O)c1ccc(Cl)c(S(=O)(=O)NCC(O)C(N)=O)c1. The first-order valence-electron chi connectivity index (χ1n) is 5.42. The van der Waals surface area contributed by atoms with Gasteiger partial charge in [0.2, 0.25) is 15.9 Å². The highest BCUT2D eigenvalue weighted by atomic mass is 35.5. The van der Waals surface area contributed by atoms with E-state index in [-0.39, 0.29) is 9.92 Å². The minimum atomic E-state index is -4.22. The molecule has 1 amide bonds. The second kappa shape index (κ2) is 6.28. The number of sulfonamides is 1. The molecule has 0 fully saturated rings. The second-order valence-electron chi connectivity index (χ2n) is 4.13. The van der Waals surface area contributed by atoms with Crippen LogP contribution in [-0.2, 0) is 24.7 Å². The van der Waals surface area contributed by atoms with Crippen molar-refractivity contribution in [1.29, 1.82) is 0 Å². The van der Waals surface area contributed by atoms with Crippen molar-refractivity contribution in [1.82, 2.24) is 4.72 Å². The molecule has 0 aliphatic heterocycles. The Bertz CT molecular complexity index is 760. The van der Waals surface area contributed by atoms with Crippen molar-refractivity contribution < 1.29 is 26.7 Å². The van der Waals surface area contributed by atoms with E-state index in [0.717, 1.165) is 24.5 Å². The molecule has 1 atom stereocenters. The lowest BCUT2D eigenvalue weighted by Gasteiger charge is -2.11. The molecule has 8 nitrogen and oxygen atoms in total. The first-order chi connectivity index (χ1) is 9.45. The molecule has 1 aromatic rings. The van der Waals surface area contributed by atoms with Crippen LogP contribution < -0.4 is 10.5 Å². The smallest absolute Gasteiger partial charge is 0.247 e. The number of rotatable bonds is 6. The number of amides is 1. The van der Waals surface area contributed by atoms with Gasteiger partial charge >= 0.3 is 0 Å². The summed E-state index contributed by atoms with van der Waals surface area (Å²) in [5.41, 5.74) is 4.79. The van der Waals surface area contributed by atoms with Crippen LogP contribution in [0, 0.1) is 0 Å². The quantitative estimate of drug-likeness (QED) is 0.588. The van der Waals surface area contributed by atoms with Crippen molar-refractivity contribution in [2.45, 2.75) is 15.9 Å². The number of sulfone groups is 1. The van der Waals surface area contributed by atoms with Crippen LogP contribution in [0.2, 0.25) is 5.02 Å². The van der Waals surface area contributed by atoms with Gasteiger partial charge in [0.15, 0.2) is 9.84 Å². The Morgan fingerprint density at radius 1 is 1.38 bits per heavy atom. The molecular formula is C10H13ClN2O6S2. The summed E-state index contributed by atoms with van der Waals surface area (Å²) in [6.07, 6.45) is -0.798. The van der Waals surface area contributed by atoms with Crippen LogP contribution in [0.4, 0.5) is 0 Å². The first kappa shape index (κ1) is 17.9. The van der Waals surface area contributed by atoms with Gasteiger partial charge in [-0.2, -0.15) is 0 Å². The van der Waals surface area contributed by atoms with E-state index in [2.05, 4.69) is 0 Å². The molecule has 0 saturated carbocycles. The molecule has 0 heterocycles. The molecule has 4 N–H and O–H groups in total. The zero-order valence-electron chi connectivity index (χ0n) is 10.8. The maximum absolute atomic E-state index is 12.0. The fourth-order valence-corrected chi connectivity index (χ4v) is 3.57. The third-order valence-corrected chi connectivity index (χ3v) is 5.43. The molecule has 0 aromatic heterocycles. The van der Waals surface area contributed by atoms with Crippen LogP contribution in [0.5, 0.6) is 0 Å². The van der Waals surface area contributed by atoms with Crippen molar-refractivity contribution in [3.8, 4) is 0 Å². The van der Waals surface area contributed by atoms with Crippen molar-refractivity contribution in [2.24, 2.45) is 5.73 Å². The summed E-state index contributed by atoms with van der Waals surface area (Å²) in [6, 6.07) is 3.17. The lowest BCUT2D eigenvalue weighted by molar-refractivity contribution is -0.125. The standard InChI is InChI=1S/C10H13ClN2O6S2/c1-20(16,17)6-2-3-7(11)9(4-6)21(18,19)13-5-8(14)10(12)15/h2-4,8,13-14H,5H2,1H3,(H2,12,15). The third kappa shape index (κ3) is 4.64.